The highest BCUT2D eigenvalue weighted by Gasteiger charge is 2.17. The molecule has 0 saturated carbocycles. The van der Waals surface area contributed by atoms with Crippen molar-refractivity contribution < 1.29 is 26.7 Å². The lowest BCUT2D eigenvalue weighted by atomic mass is 10.2. The fraction of sp³-hybridized carbons (Fsp3) is 0.0476. The van der Waals surface area contributed by atoms with Crippen LogP contribution in [0.4, 0.5) is 19.6 Å². The second kappa shape index (κ2) is 8.52. The first-order valence-corrected chi connectivity index (χ1v) is 11.4. The Bertz CT molecular complexity index is 1420. The Morgan fingerprint density at radius 1 is 1.00 bits per heavy atom. The molecule has 32 heavy (non-hydrogen) atoms. The van der Waals surface area contributed by atoms with Gasteiger partial charge in [-0.25, -0.2) is 22.2 Å². The monoisotopic (exact) mass is 475 g/mol. The molecule has 0 atom stereocenters. The number of ether oxygens (including phenoxy) is 1. The van der Waals surface area contributed by atoms with Gasteiger partial charge in [0.15, 0.2) is 16.8 Å². The number of sulfonamides is 1. The van der Waals surface area contributed by atoms with Crippen LogP contribution in [0.25, 0.3) is 10.2 Å². The number of aromatic nitrogens is 1. The van der Waals surface area contributed by atoms with Gasteiger partial charge in [0.1, 0.15) is 5.75 Å². The van der Waals surface area contributed by atoms with Crippen molar-refractivity contribution in [3.8, 4) is 5.75 Å². The van der Waals surface area contributed by atoms with E-state index in [1.54, 1.807) is 19.2 Å². The summed E-state index contributed by atoms with van der Waals surface area (Å²) in [7, 11) is -2.57. The number of fused-ring (bicyclic) bond motifs is 1. The van der Waals surface area contributed by atoms with Gasteiger partial charge in [-0.2, -0.15) is 0 Å². The second-order valence-electron chi connectivity index (χ2n) is 6.57. The lowest BCUT2D eigenvalue weighted by Crippen LogP contribution is -2.14. The van der Waals surface area contributed by atoms with Crippen LogP contribution in [0.2, 0.25) is 0 Å². The molecule has 1 aromatic heterocycles. The summed E-state index contributed by atoms with van der Waals surface area (Å²) in [4.78, 5) is 16.4. The molecular weight excluding hydrogens is 460 g/mol. The molecule has 0 radical (unpaired) electrons. The number of rotatable bonds is 6. The lowest BCUT2D eigenvalue weighted by Gasteiger charge is -2.09. The van der Waals surface area contributed by atoms with Gasteiger partial charge in [-0.15, -0.1) is 0 Å². The highest BCUT2D eigenvalue weighted by Crippen LogP contribution is 2.29. The molecular formula is C21H15F2N3O4S2. The molecule has 7 nitrogen and oxygen atoms in total. The molecule has 0 fully saturated rings. The minimum Gasteiger partial charge on any atom is -0.497 e. The van der Waals surface area contributed by atoms with Crippen LogP contribution in [0.15, 0.2) is 65.6 Å². The first-order valence-electron chi connectivity index (χ1n) is 9.09. The number of thiazole rings is 1. The van der Waals surface area contributed by atoms with Gasteiger partial charge < -0.3 is 4.74 Å². The van der Waals surface area contributed by atoms with Crippen molar-refractivity contribution in [1.82, 2.24) is 4.98 Å². The highest BCUT2D eigenvalue weighted by molar-refractivity contribution is 7.92. The lowest BCUT2D eigenvalue weighted by molar-refractivity contribution is 0.102. The topological polar surface area (TPSA) is 97.4 Å². The zero-order chi connectivity index (χ0) is 22.9. The van der Waals surface area contributed by atoms with E-state index in [0.717, 1.165) is 16.8 Å². The second-order valence-corrected chi connectivity index (χ2v) is 9.28. The number of benzene rings is 3. The van der Waals surface area contributed by atoms with Crippen LogP contribution in [0.1, 0.15) is 10.4 Å². The number of nitrogens with zero attached hydrogens (tertiary/aromatic N) is 1. The molecule has 0 aliphatic heterocycles. The van der Waals surface area contributed by atoms with Crippen molar-refractivity contribution in [2.24, 2.45) is 0 Å². The van der Waals surface area contributed by atoms with E-state index in [4.69, 9.17) is 4.74 Å². The average Bonchev–Trinajstić information content (AvgIpc) is 3.17. The Kier molecular flexibility index (Phi) is 5.76. The molecule has 164 valence electrons. The predicted molar refractivity (Wildman–Crippen MR) is 118 cm³/mol. The average molecular weight is 475 g/mol. The zero-order valence-corrected chi connectivity index (χ0v) is 18.1. The van der Waals surface area contributed by atoms with E-state index >= 15 is 0 Å². The Morgan fingerprint density at radius 3 is 2.44 bits per heavy atom. The summed E-state index contributed by atoms with van der Waals surface area (Å²) in [5.74, 6) is -2.16. The smallest absolute Gasteiger partial charge is 0.261 e. The Balaban J connectivity index is 1.47. The van der Waals surface area contributed by atoms with Crippen molar-refractivity contribution in [2.45, 2.75) is 4.90 Å². The molecule has 1 heterocycles. The fourth-order valence-corrected chi connectivity index (χ4v) is 4.76. The van der Waals surface area contributed by atoms with E-state index in [1.165, 1.54) is 35.6 Å². The Morgan fingerprint density at radius 2 is 1.75 bits per heavy atom. The molecule has 0 unspecified atom stereocenters. The predicted octanol–water partition coefficient (Wildman–Crippen LogP) is 4.64. The Hall–Kier alpha value is -3.57. The van der Waals surface area contributed by atoms with Crippen LogP contribution < -0.4 is 14.8 Å². The normalized spacial score (nSPS) is 11.3. The van der Waals surface area contributed by atoms with Gasteiger partial charge in [0.25, 0.3) is 15.9 Å². The molecule has 2 N–H and O–H groups in total. The van der Waals surface area contributed by atoms with Gasteiger partial charge in [-0.1, -0.05) is 11.3 Å². The van der Waals surface area contributed by atoms with E-state index in [0.29, 0.717) is 22.5 Å². The first kappa shape index (κ1) is 21.7. The van der Waals surface area contributed by atoms with Crippen molar-refractivity contribution in [1.29, 1.82) is 0 Å². The number of halogens is 2. The summed E-state index contributed by atoms with van der Waals surface area (Å²) in [6.07, 6.45) is 0. The van der Waals surface area contributed by atoms with Crippen LogP contribution in [0, 0.1) is 11.6 Å². The van der Waals surface area contributed by atoms with Crippen LogP contribution in [0.5, 0.6) is 5.75 Å². The van der Waals surface area contributed by atoms with Crippen LogP contribution >= 0.6 is 11.3 Å². The third-order valence-electron chi connectivity index (χ3n) is 4.42. The molecule has 11 heteroatoms. The molecule has 0 saturated heterocycles. The minimum absolute atomic E-state index is 0.151. The van der Waals surface area contributed by atoms with Gasteiger partial charge in [0.2, 0.25) is 0 Å². The van der Waals surface area contributed by atoms with E-state index < -0.39 is 32.5 Å². The van der Waals surface area contributed by atoms with Gasteiger partial charge in [0, 0.05) is 11.3 Å². The maximum absolute atomic E-state index is 13.4. The third kappa shape index (κ3) is 4.53. The number of anilines is 2. The quantitative estimate of drug-likeness (QED) is 0.424. The molecule has 0 aliphatic rings. The molecule has 0 aliphatic carbocycles. The summed E-state index contributed by atoms with van der Waals surface area (Å²) in [6.45, 7) is 0. The molecule has 0 spiro atoms. The van der Waals surface area contributed by atoms with Crippen LogP contribution in [-0.2, 0) is 10.0 Å². The van der Waals surface area contributed by atoms with Crippen molar-refractivity contribution in [3.63, 3.8) is 0 Å². The van der Waals surface area contributed by atoms with E-state index in [2.05, 4.69) is 15.0 Å². The van der Waals surface area contributed by atoms with Crippen molar-refractivity contribution in [3.05, 3.63) is 77.9 Å². The Labute approximate surface area is 185 Å². The summed E-state index contributed by atoms with van der Waals surface area (Å²) in [5, 5.41) is 3.11. The van der Waals surface area contributed by atoms with E-state index in [1.807, 2.05) is 6.07 Å². The summed E-state index contributed by atoms with van der Waals surface area (Å²) < 4.78 is 59.4. The van der Waals surface area contributed by atoms with E-state index in [9.17, 15) is 22.0 Å². The van der Waals surface area contributed by atoms with Gasteiger partial charge in [-0.05, 0) is 60.7 Å². The minimum atomic E-state index is -4.13. The summed E-state index contributed by atoms with van der Waals surface area (Å²) >= 11 is 1.29. The fourth-order valence-electron chi connectivity index (χ4n) is 2.80. The number of hydrogen-bond donors (Lipinski definition) is 2. The zero-order valence-electron chi connectivity index (χ0n) is 16.4. The molecule has 4 aromatic rings. The summed E-state index contributed by atoms with van der Waals surface area (Å²) in [6, 6.07) is 13.3. The first-order chi connectivity index (χ1) is 15.2. The van der Waals surface area contributed by atoms with Gasteiger partial charge in [0.05, 0.1) is 22.2 Å². The molecule has 1 amide bonds. The van der Waals surface area contributed by atoms with Gasteiger partial charge >= 0.3 is 0 Å². The molecule has 4 rings (SSSR count). The number of carbonyl (C=O) groups is 1. The number of carbonyl (C=O) groups excluding carboxylic acids is 1. The van der Waals surface area contributed by atoms with Crippen molar-refractivity contribution in [2.75, 3.05) is 17.1 Å². The summed E-state index contributed by atoms with van der Waals surface area (Å²) in [5.41, 5.74) is 1.14. The molecule has 0 bridgehead atoms. The van der Waals surface area contributed by atoms with Crippen LogP contribution in [-0.4, -0.2) is 26.4 Å². The number of hydrogen-bond acceptors (Lipinski definition) is 6. The highest BCUT2D eigenvalue weighted by atomic mass is 32.2. The van der Waals surface area contributed by atoms with E-state index in [-0.39, 0.29) is 11.3 Å². The van der Waals surface area contributed by atoms with Gasteiger partial charge in [-0.3, -0.25) is 14.8 Å². The SMILES string of the molecule is COc1ccc2nc(NC(=O)c3ccc(NS(=O)(=O)c4ccc(F)c(F)c4)cc3)sc2c1. The van der Waals surface area contributed by atoms with Crippen LogP contribution in [0.3, 0.4) is 0 Å². The van der Waals surface area contributed by atoms with Crippen molar-refractivity contribution >= 4 is 48.3 Å². The standard InChI is InChI=1S/C21H15F2N3O4S2/c1-30-14-6-9-18-19(10-14)31-21(24-18)25-20(27)12-2-4-13(5-3-12)26-32(28,29)15-7-8-16(22)17(23)11-15/h2-11,26H,1H3,(H,24,25,27). The number of nitrogens with one attached hydrogen (secondary N) is 2. The largest absolute Gasteiger partial charge is 0.497 e. The number of methoxy groups -OCH3 is 1. The molecule has 3 aromatic carbocycles. The maximum Gasteiger partial charge on any atom is 0.261 e. The number of amides is 1. The third-order valence-corrected chi connectivity index (χ3v) is 6.73. The maximum atomic E-state index is 13.4.